The summed E-state index contributed by atoms with van der Waals surface area (Å²) in [5, 5.41) is -0.142. The van der Waals surface area contributed by atoms with Gasteiger partial charge in [-0.15, -0.1) is 0 Å². The molecule has 1 unspecified atom stereocenters. The highest BCUT2D eigenvalue weighted by Crippen LogP contribution is 2.50. The van der Waals surface area contributed by atoms with Crippen LogP contribution in [-0.2, 0) is 15.9 Å². The average molecular weight is 508 g/mol. The first-order valence-electron chi connectivity index (χ1n) is 9.67. The van der Waals surface area contributed by atoms with Gasteiger partial charge < -0.3 is 4.90 Å². The predicted octanol–water partition coefficient (Wildman–Crippen LogP) is 6.37. The summed E-state index contributed by atoms with van der Waals surface area (Å²) in [6.07, 6.45) is -5.03. The van der Waals surface area contributed by atoms with Crippen LogP contribution >= 0.6 is 34.8 Å². The third-order valence-electron chi connectivity index (χ3n) is 6.15. The van der Waals surface area contributed by atoms with Crippen molar-refractivity contribution in [2.45, 2.75) is 30.6 Å². The van der Waals surface area contributed by atoms with Gasteiger partial charge in [0, 0.05) is 19.1 Å². The van der Waals surface area contributed by atoms with Crippen LogP contribution in [0.15, 0.2) is 41.4 Å². The lowest BCUT2D eigenvalue weighted by atomic mass is 9.76. The molecule has 1 saturated heterocycles. The number of rotatable bonds is 3. The number of hydrogen-bond donors (Lipinski definition) is 0. The number of carbonyl (C=O) groups excluding carboxylic acids is 1. The van der Waals surface area contributed by atoms with E-state index >= 15 is 0 Å². The Hall–Kier alpha value is -1.83. The fraction of sp³-hybridized carbons (Fsp3) is 0.364. The van der Waals surface area contributed by atoms with Crippen molar-refractivity contribution in [3.05, 3.63) is 68.2 Å². The molecule has 0 saturated carbocycles. The number of carbonyl (C=O) groups is 1. The van der Waals surface area contributed by atoms with Crippen LogP contribution in [0.4, 0.5) is 17.6 Å². The first kappa shape index (κ1) is 23.3. The maximum atomic E-state index is 15.0. The van der Waals surface area contributed by atoms with Gasteiger partial charge in [-0.3, -0.25) is 9.79 Å². The van der Waals surface area contributed by atoms with E-state index in [9.17, 15) is 22.4 Å². The number of alkyl halides is 4. The first-order valence-corrected chi connectivity index (χ1v) is 10.8. The quantitative estimate of drug-likeness (QED) is 0.351. The second kappa shape index (κ2) is 7.89. The molecule has 0 aromatic heterocycles. The molecule has 4 rings (SSSR count). The molecule has 1 fully saturated rings. The molecule has 2 aromatic rings. The fourth-order valence-corrected chi connectivity index (χ4v) is 4.72. The third-order valence-corrected chi connectivity index (χ3v) is 7.35. The van der Waals surface area contributed by atoms with E-state index in [0.717, 1.165) is 0 Å². The summed E-state index contributed by atoms with van der Waals surface area (Å²) in [6, 6.07) is 8.52. The van der Waals surface area contributed by atoms with Crippen LogP contribution in [0, 0.1) is 0 Å². The SMILES string of the molecule is CC(=O)N1CC(F)(c2ccc(C3=NCC(c4cc(Cl)c(Cl)c(Cl)c4)(C(F)(F)F)C3)cc2)C1. The summed E-state index contributed by atoms with van der Waals surface area (Å²) in [5.41, 5.74) is -2.97. The van der Waals surface area contributed by atoms with E-state index in [1.165, 1.54) is 36.1 Å². The van der Waals surface area contributed by atoms with Crippen LogP contribution in [0.3, 0.4) is 0 Å². The predicted molar refractivity (Wildman–Crippen MR) is 117 cm³/mol. The normalized spacial score (nSPS) is 22.5. The van der Waals surface area contributed by atoms with E-state index in [1.54, 1.807) is 12.1 Å². The van der Waals surface area contributed by atoms with Crippen molar-refractivity contribution in [3.63, 3.8) is 0 Å². The van der Waals surface area contributed by atoms with Gasteiger partial charge >= 0.3 is 6.18 Å². The summed E-state index contributed by atoms with van der Waals surface area (Å²) in [6.45, 7) is 0.757. The molecule has 0 bridgehead atoms. The monoisotopic (exact) mass is 506 g/mol. The molecule has 0 aliphatic carbocycles. The Labute approximate surface area is 197 Å². The van der Waals surface area contributed by atoms with Gasteiger partial charge in [0.2, 0.25) is 5.91 Å². The van der Waals surface area contributed by atoms with Gasteiger partial charge in [0.1, 0.15) is 5.41 Å². The minimum Gasteiger partial charge on any atom is -0.336 e. The molecule has 3 nitrogen and oxygen atoms in total. The van der Waals surface area contributed by atoms with Gasteiger partial charge in [-0.25, -0.2) is 4.39 Å². The Bertz CT molecular complexity index is 1090. The van der Waals surface area contributed by atoms with E-state index in [4.69, 9.17) is 34.8 Å². The Balaban J connectivity index is 1.60. The molecule has 170 valence electrons. The lowest BCUT2D eigenvalue weighted by molar-refractivity contribution is -0.183. The van der Waals surface area contributed by atoms with Crippen molar-refractivity contribution in [2.75, 3.05) is 19.6 Å². The highest BCUT2D eigenvalue weighted by atomic mass is 35.5. The molecule has 1 amide bonds. The zero-order valence-electron chi connectivity index (χ0n) is 16.7. The fourth-order valence-electron chi connectivity index (χ4n) is 4.13. The molecule has 0 N–H and O–H groups in total. The maximum absolute atomic E-state index is 15.0. The maximum Gasteiger partial charge on any atom is 0.400 e. The zero-order valence-corrected chi connectivity index (χ0v) is 19.0. The van der Waals surface area contributed by atoms with Gasteiger partial charge in [-0.05, 0) is 28.8 Å². The van der Waals surface area contributed by atoms with E-state index in [1.807, 2.05) is 0 Å². The Kier molecular flexibility index (Phi) is 5.75. The molecule has 0 spiro atoms. The number of nitrogens with zero attached hydrogens (tertiary/aromatic N) is 2. The molecule has 2 aliphatic rings. The molecule has 0 radical (unpaired) electrons. The van der Waals surface area contributed by atoms with E-state index < -0.39 is 30.2 Å². The molecular weight excluding hydrogens is 491 g/mol. The standard InChI is InChI=1S/C22H17Cl3F4N2O/c1-12(32)31-10-21(26,11-31)14-4-2-13(3-5-14)18-8-20(9-30-18,22(27,28)29)15-6-16(23)19(25)17(24)7-15/h2-7H,8-11H2,1H3. The molecular formula is C22H17Cl3F4N2O. The van der Waals surface area contributed by atoms with Gasteiger partial charge in [0.15, 0.2) is 5.67 Å². The second-order valence-corrected chi connectivity index (χ2v) is 9.38. The van der Waals surface area contributed by atoms with Crippen molar-refractivity contribution in [1.82, 2.24) is 4.90 Å². The molecule has 10 heteroatoms. The number of likely N-dealkylation sites (tertiary alicyclic amines) is 1. The van der Waals surface area contributed by atoms with E-state index in [2.05, 4.69) is 4.99 Å². The second-order valence-electron chi connectivity index (χ2n) is 8.19. The Morgan fingerprint density at radius 2 is 1.59 bits per heavy atom. The van der Waals surface area contributed by atoms with Crippen LogP contribution < -0.4 is 0 Å². The number of hydrogen-bond acceptors (Lipinski definition) is 2. The summed E-state index contributed by atoms with van der Waals surface area (Å²) in [4.78, 5) is 16.9. The van der Waals surface area contributed by atoms with E-state index in [-0.39, 0.29) is 45.3 Å². The van der Waals surface area contributed by atoms with Crippen LogP contribution in [0.1, 0.15) is 30.0 Å². The summed E-state index contributed by atoms with van der Waals surface area (Å²) in [7, 11) is 0. The molecule has 2 heterocycles. The number of amides is 1. The van der Waals surface area contributed by atoms with Crippen LogP contribution in [0.25, 0.3) is 0 Å². The number of aliphatic imine (C=N–C) groups is 1. The highest BCUT2D eigenvalue weighted by molar-refractivity contribution is 6.48. The van der Waals surface area contributed by atoms with Crippen molar-refractivity contribution in [1.29, 1.82) is 0 Å². The molecule has 32 heavy (non-hydrogen) atoms. The largest absolute Gasteiger partial charge is 0.400 e. The average Bonchev–Trinajstić information content (AvgIpc) is 3.16. The van der Waals surface area contributed by atoms with Crippen molar-refractivity contribution in [3.8, 4) is 0 Å². The first-order chi connectivity index (χ1) is 14.9. The van der Waals surface area contributed by atoms with Gasteiger partial charge in [-0.2, -0.15) is 13.2 Å². The van der Waals surface area contributed by atoms with Crippen molar-refractivity contribution < 1.29 is 22.4 Å². The van der Waals surface area contributed by atoms with E-state index in [0.29, 0.717) is 11.1 Å². The van der Waals surface area contributed by atoms with Crippen molar-refractivity contribution in [2.24, 2.45) is 4.99 Å². The zero-order chi connectivity index (χ0) is 23.5. The minimum atomic E-state index is -4.62. The topological polar surface area (TPSA) is 32.7 Å². The highest BCUT2D eigenvalue weighted by Gasteiger charge is 2.58. The summed E-state index contributed by atoms with van der Waals surface area (Å²) in [5.74, 6) is -0.207. The molecule has 2 aliphatic heterocycles. The minimum absolute atomic E-state index is 0.0105. The summed E-state index contributed by atoms with van der Waals surface area (Å²) < 4.78 is 57.7. The smallest absolute Gasteiger partial charge is 0.336 e. The molecule has 2 aromatic carbocycles. The Morgan fingerprint density at radius 3 is 2.09 bits per heavy atom. The Morgan fingerprint density at radius 1 is 1.03 bits per heavy atom. The van der Waals surface area contributed by atoms with Crippen LogP contribution in [0.2, 0.25) is 15.1 Å². The lowest BCUT2D eigenvalue weighted by Crippen LogP contribution is -2.58. The van der Waals surface area contributed by atoms with Crippen molar-refractivity contribution >= 4 is 46.4 Å². The number of benzene rings is 2. The number of halogens is 7. The lowest BCUT2D eigenvalue weighted by Gasteiger charge is -2.44. The molecule has 1 atom stereocenters. The van der Waals surface area contributed by atoms with Crippen LogP contribution in [-0.4, -0.2) is 42.3 Å². The third kappa shape index (κ3) is 3.78. The summed E-state index contributed by atoms with van der Waals surface area (Å²) >= 11 is 17.9. The van der Waals surface area contributed by atoms with Gasteiger partial charge in [0.05, 0.1) is 34.7 Å². The van der Waals surface area contributed by atoms with Gasteiger partial charge in [0.25, 0.3) is 0 Å². The van der Waals surface area contributed by atoms with Gasteiger partial charge in [-0.1, -0.05) is 59.1 Å². The van der Waals surface area contributed by atoms with Crippen LogP contribution in [0.5, 0.6) is 0 Å².